The van der Waals surface area contributed by atoms with Gasteiger partial charge in [-0.25, -0.2) is 4.68 Å². The molecule has 0 bridgehead atoms. The Labute approximate surface area is 192 Å². The molecule has 0 radical (unpaired) electrons. The summed E-state index contributed by atoms with van der Waals surface area (Å²) >= 11 is 7.43. The van der Waals surface area contributed by atoms with Gasteiger partial charge in [0.05, 0.1) is 11.9 Å². The van der Waals surface area contributed by atoms with Gasteiger partial charge < -0.3 is 9.88 Å². The normalized spacial score (nSPS) is 11.3. The number of aromatic nitrogens is 5. The average Bonchev–Trinajstić information content (AvgIpc) is 3.37. The predicted octanol–water partition coefficient (Wildman–Crippen LogP) is 5.69. The Morgan fingerprint density at radius 2 is 1.90 bits per heavy atom. The van der Waals surface area contributed by atoms with Crippen LogP contribution in [-0.4, -0.2) is 36.2 Å². The van der Waals surface area contributed by atoms with Crippen molar-refractivity contribution in [2.45, 2.75) is 64.2 Å². The second-order valence-electron chi connectivity index (χ2n) is 7.62. The second-order valence-corrected chi connectivity index (χ2v) is 9.00. The second kappa shape index (κ2) is 11.3. The van der Waals surface area contributed by atoms with E-state index in [1.54, 1.807) is 16.9 Å². The van der Waals surface area contributed by atoms with E-state index in [0.717, 1.165) is 35.9 Å². The highest BCUT2D eigenvalue weighted by Gasteiger charge is 2.16. The zero-order valence-corrected chi connectivity index (χ0v) is 19.8. The molecule has 0 fully saturated rings. The van der Waals surface area contributed by atoms with Gasteiger partial charge in [0, 0.05) is 29.2 Å². The molecule has 0 saturated carbocycles. The van der Waals surface area contributed by atoms with Crippen molar-refractivity contribution in [3.05, 3.63) is 41.6 Å². The van der Waals surface area contributed by atoms with Crippen molar-refractivity contribution in [1.82, 2.24) is 24.5 Å². The topological polar surface area (TPSA) is 77.6 Å². The molecule has 7 nitrogen and oxygen atoms in total. The minimum absolute atomic E-state index is 0.0963. The fourth-order valence-electron chi connectivity index (χ4n) is 3.24. The predicted molar refractivity (Wildman–Crippen MR) is 127 cm³/mol. The highest BCUT2D eigenvalue weighted by Crippen LogP contribution is 2.26. The van der Waals surface area contributed by atoms with Crippen molar-refractivity contribution >= 4 is 35.1 Å². The third kappa shape index (κ3) is 6.33. The lowest BCUT2D eigenvalue weighted by molar-refractivity contribution is -0.113. The van der Waals surface area contributed by atoms with E-state index in [1.807, 2.05) is 38.1 Å². The van der Waals surface area contributed by atoms with E-state index in [4.69, 9.17) is 11.6 Å². The summed E-state index contributed by atoms with van der Waals surface area (Å²) in [7, 11) is 0. The van der Waals surface area contributed by atoms with Crippen molar-refractivity contribution in [3.8, 4) is 11.4 Å². The first-order valence-corrected chi connectivity index (χ1v) is 12.0. The smallest absolute Gasteiger partial charge is 0.235 e. The van der Waals surface area contributed by atoms with E-state index in [-0.39, 0.29) is 17.7 Å². The van der Waals surface area contributed by atoms with Gasteiger partial charge in [0.2, 0.25) is 5.91 Å². The van der Waals surface area contributed by atoms with Crippen LogP contribution in [-0.2, 0) is 11.3 Å². The molecule has 0 unspecified atom stereocenters. The number of hydrogen-bond acceptors (Lipinski definition) is 5. The highest BCUT2D eigenvalue weighted by atomic mass is 35.5. The largest absolute Gasteiger partial charge is 0.310 e. The molecule has 0 atom stereocenters. The standard InChI is InChI=1S/C22H29ClN6OS/c1-4-5-6-7-14-28-21(17-8-10-18(23)11-9-17)26-27-22(28)31-15-20(30)25-19-12-13-24-29(19)16(2)3/h8-13,16H,4-7,14-15H2,1-3H3,(H,25,30). The molecule has 1 aromatic carbocycles. The van der Waals surface area contributed by atoms with Crippen LogP contribution < -0.4 is 5.32 Å². The van der Waals surface area contributed by atoms with Crippen molar-refractivity contribution < 1.29 is 4.79 Å². The van der Waals surface area contributed by atoms with Gasteiger partial charge in [-0.05, 0) is 44.5 Å². The van der Waals surface area contributed by atoms with E-state index in [0.29, 0.717) is 10.8 Å². The SMILES string of the molecule is CCCCCCn1c(SCC(=O)Nc2ccnn2C(C)C)nnc1-c1ccc(Cl)cc1. The van der Waals surface area contributed by atoms with E-state index >= 15 is 0 Å². The zero-order chi connectivity index (χ0) is 22.2. The van der Waals surface area contributed by atoms with Crippen LogP contribution in [0.5, 0.6) is 0 Å². The Balaban J connectivity index is 1.71. The molecule has 1 amide bonds. The first-order chi connectivity index (χ1) is 15.0. The molecule has 0 aliphatic carbocycles. The molecular formula is C22H29ClN6OS. The Morgan fingerprint density at radius 3 is 2.61 bits per heavy atom. The molecule has 3 rings (SSSR count). The number of carbonyl (C=O) groups is 1. The van der Waals surface area contributed by atoms with Gasteiger partial charge >= 0.3 is 0 Å². The molecule has 0 spiro atoms. The molecule has 3 aromatic rings. The number of unbranched alkanes of at least 4 members (excludes halogenated alkanes) is 3. The molecule has 2 heterocycles. The van der Waals surface area contributed by atoms with Gasteiger partial charge in [0.25, 0.3) is 0 Å². The summed E-state index contributed by atoms with van der Waals surface area (Å²) in [5.74, 6) is 1.65. The number of anilines is 1. The summed E-state index contributed by atoms with van der Waals surface area (Å²) in [4.78, 5) is 12.5. The summed E-state index contributed by atoms with van der Waals surface area (Å²) < 4.78 is 3.90. The lowest BCUT2D eigenvalue weighted by Gasteiger charge is -2.12. The van der Waals surface area contributed by atoms with Gasteiger partial charge in [-0.2, -0.15) is 5.10 Å². The molecule has 0 aliphatic rings. The van der Waals surface area contributed by atoms with Crippen LogP contribution in [0.15, 0.2) is 41.7 Å². The average molecular weight is 461 g/mol. The van der Waals surface area contributed by atoms with E-state index in [9.17, 15) is 4.79 Å². The number of thioether (sulfide) groups is 1. The summed E-state index contributed by atoms with van der Waals surface area (Å²) in [6, 6.07) is 9.58. The van der Waals surface area contributed by atoms with Crippen LogP contribution in [0.25, 0.3) is 11.4 Å². The molecule has 2 aromatic heterocycles. The minimum Gasteiger partial charge on any atom is -0.310 e. The number of hydrogen-bond donors (Lipinski definition) is 1. The molecule has 0 saturated heterocycles. The maximum Gasteiger partial charge on any atom is 0.235 e. The maximum absolute atomic E-state index is 12.5. The number of halogens is 1. The summed E-state index contributed by atoms with van der Waals surface area (Å²) in [6.07, 6.45) is 6.26. The number of benzene rings is 1. The first-order valence-electron chi connectivity index (χ1n) is 10.6. The quantitative estimate of drug-likeness (QED) is 0.294. The molecule has 0 aliphatic heterocycles. The molecule has 1 N–H and O–H groups in total. The number of amides is 1. The van der Waals surface area contributed by atoms with Gasteiger partial charge in [-0.3, -0.25) is 4.79 Å². The third-order valence-corrected chi connectivity index (χ3v) is 6.03. The third-order valence-electron chi connectivity index (χ3n) is 4.81. The minimum atomic E-state index is -0.0963. The molecule has 31 heavy (non-hydrogen) atoms. The van der Waals surface area contributed by atoms with Crippen LogP contribution >= 0.6 is 23.4 Å². The number of nitrogens with zero attached hydrogens (tertiary/aromatic N) is 5. The van der Waals surface area contributed by atoms with Crippen molar-refractivity contribution in [1.29, 1.82) is 0 Å². The molecule has 9 heteroatoms. The van der Waals surface area contributed by atoms with Crippen LogP contribution in [0.2, 0.25) is 5.02 Å². The summed E-state index contributed by atoms with van der Waals surface area (Å²) in [5, 5.41) is 17.4. The molecule has 166 valence electrons. The number of carbonyl (C=O) groups excluding carboxylic acids is 1. The van der Waals surface area contributed by atoms with Gasteiger partial charge in [0.15, 0.2) is 11.0 Å². The summed E-state index contributed by atoms with van der Waals surface area (Å²) in [6.45, 7) is 7.06. The zero-order valence-electron chi connectivity index (χ0n) is 18.2. The maximum atomic E-state index is 12.5. The van der Waals surface area contributed by atoms with Gasteiger partial charge in [-0.1, -0.05) is 49.5 Å². The van der Waals surface area contributed by atoms with Crippen LogP contribution in [0.4, 0.5) is 5.82 Å². The fourth-order valence-corrected chi connectivity index (χ4v) is 4.13. The van der Waals surface area contributed by atoms with Crippen LogP contribution in [0.1, 0.15) is 52.5 Å². The van der Waals surface area contributed by atoms with Gasteiger partial charge in [0.1, 0.15) is 5.82 Å². The van der Waals surface area contributed by atoms with E-state index in [2.05, 4.69) is 32.1 Å². The first kappa shape index (κ1) is 23.3. The van der Waals surface area contributed by atoms with Gasteiger partial charge in [-0.15, -0.1) is 10.2 Å². The lowest BCUT2D eigenvalue weighted by Crippen LogP contribution is -2.18. The van der Waals surface area contributed by atoms with Crippen molar-refractivity contribution in [2.24, 2.45) is 0 Å². The van der Waals surface area contributed by atoms with Crippen LogP contribution in [0.3, 0.4) is 0 Å². The number of rotatable bonds is 11. The Morgan fingerprint density at radius 1 is 1.13 bits per heavy atom. The monoisotopic (exact) mass is 460 g/mol. The molecular weight excluding hydrogens is 432 g/mol. The Bertz CT molecular complexity index is 982. The number of nitrogens with one attached hydrogen (secondary N) is 1. The van der Waals surface area contributed by atoms with Crippen LogP contribution in [0, 0.1) is 0 Å². The Kier molecular flexibility index (Phi) is 8.54. The van der Waals surface area contributed by atoms with E-state index in [1.165, 1.54) is 24.6 Å². The Hall–Kier alpha value is -2.32. The highest BCUT2D eigenvalue weighted by molar-refractivity contribution is 7.99. The lowest BCUT2D eigenvalue weighted by atomic mass is 10.2. The van der Waals surface area contributed by atoms with E-state index < -0.39 is 0 Å². The summed E-state index contributed by atoms with van der Waals surface area (Å²) in [5.41, 5.74) is 0.963. The van der Waals surface area contributed by atoms with Crippen molar-refractivity contribution in [2.75, 3.05) is 11.1 Å². The van der Waals surface area contributed by atoms with Crippen molar-refractivity contribution in [3.63, 3.8) is 0 Å². The fraction of sp³-hybridized carbons (Fsp3) is 0.455.